The van der Waals surface area contributed by atoms with Crippen LogP contribution in [0.2, 0.25) is 5.15 Å². The van der Waals surface area contributed by atoms with E-state index in [-0.39, 0.29) is 6.54 Å². The molecule has 30 heavy (non-hydrogen) atoms. The molecule has 0 amide bonds. The third kappa shape index (κ3) is 3.47. The highest BCUT2D eigenvalue weighted by atomic mass is 35.5. The van der Waals surface area contributed by atoms with Gasteiger partial charge < -0.3 is 0 Å². The Bertz CT molecular complexity index is 1240. The summed E-state index contributed by atoms with van der Waals surface area (Å²) in [5.74, 6) is 0.704. The second-order valence-corrected chi connectivity index (χ2v) is 8.51. The third-order valence-electron chi connectivity index (χ3n) is 5.76. The molecule has 0 unspecified atom stereocenters. The Hall–Kier alpha value is -2.80. The maximum Gasteiger partial charge on any atom is 0.156 e. The number of hydrogen-bond donors (Lipinski definition) is 0. The first-order valence-electron chi connectivity index (χ1n) is 10.1. The van der Waals surface area contributed by atoms with Crippen molar-refractivity contribution in [1.29, 1.82) is 0 Å². The highest BCUT2D eigenvalue weighted by Gasteiger charge is 2.34. The standard InChI is InChI=1S/C22H22ClFN6/c1-14-9-18(17-11-25-29(12-17)13-22(24)6-3-4-7-22)20(27-21(14)23)16-5-8-30-19(10-16)26-15(2)28-30/h5,8-12H,3-4,6-7,13H2,1-2H3. The van der Waals surface area contributed by atoms with Crippen molar-refractivity contribution in [1.82, 2.24) is 29.4 Å². The van der Waals surface area contributed by atoms with Crippen LogP contribution in [0.3, 0.4) is 0 Å². The van der Waals surface area contributed by atoms with Gasteiger partial charge in [-0.2, -0.15) is 10.2 Å². The van der Waals surface area contributed by atoms with Crippen LogP contribution in [0.5, 0.6) is 0 Å². The molecule has 1 aliphatic carbocycles. The van der Waals surface area contributed by atoms with Gasteiger partial charge in [-0.05, 0) is 50.5 Å². The van der Waals surface area contributed by atoms with E-state index < -0.39 is 5.67 Å². The van der Waals surface area contributed by atoms with E-state index in [0.717, 1.165) is 46.4 Å². The molecule has 8 heteroatoms. The van der Waals surface area contributed by atoms with Gasteiger partial charge in [-0.25, -0.2) is 18.9 Å². The van der Waals surface area contributed by atoms with Crippen molar-refractivity contribution in [3.63, 3.8) is 0 Å². The zero-order valence-corrected chi connectivity index (χ0v) is 17.7. The molecule has 154 valence electrons. The van der Waals surface area contributed by atoms with E-state index in [4.69, 9.17) is 11.6 Å². The zero-order chi connectivity index (χ0) is 20.9. The van der Waals surface area contributed by atoms with Gasteiger partial charge in [0.05, 0.1) is 18.4 Å². The van der Waals surface area contributed by atoms with Crippen LogP contribution >= 0.6 is 11.6 Å². The van der Waals surface area contributed by atoms with Crippen LogP contribution in [0.25, 0.3) is 28.0 Å². The lowest BCUT2D eigenvalue weighted by molar-refractivity contribution is 0.139. The monoisotopic (exact) mass is 424 g/mol. The fourth-order valence-corrected chi connectivity index (χ4v) is 4.36. The number of pyridine rings is 2. The summed E-state index contributed by atoms with van der Waals surface area (Å²) in [6, 6.07) is 5.89. The number of alkyl halides is 1. The van der Waals surface area contributed by atoms with Crippen molar-refractivity contribution in [3.05, 3.63) is 53.3 Å². The molecule has 0 aliphatic heterocycles. The van der Waals surface area contributed by atoms with E-state index in [0.29, 0.717) is 23.8 Å². The first-order valence-corrected chi connectivity index (χ1v) is 10.5. The van der Waals surface area contributed by atoms with Crippen LogP contribution in [-0.2, 0) is 6.54 Å². The second-order valence-electron chi connectivity index (χ2n) is 8.15. The fourth-order valence-electron chi connectivity index (χ4n) is 4.22. The maximum atomic E-state index is 14.9. The predicted molar refractivity (Wildman–Crippen MR) is 114 cm³/mol. The van der Waals surface area contributed by atoms with Crippen molar-refractivity contribution in [2.45, 2.75) is 51.7 Å². The van der Waals surface area contributed by atoms with Crippen LogP contribution in [0, 0.1) is 13.8 Å². The molecule has 0 aromatic carbocycles. The quantitative estimate of drug-likeness (QED) is 0.422. The third-order valence-corrected chi connectivity index (χ3v) is 6.14. The fraction of sp³-hybridized carbons (Fsp3) is 0.364. The minimum Gasteiger partial charge on any atom is -0.269 e. The Morgan fingerprint density at radius 2 is 1.93 bits per heavy atom. The molecule has 0 saturated heterocycles. The van der Waals surface area contributed by atoms with Crippen LogP contribution in [0.15, 0.2) is 36.8 Å². The van der Waals surface area contributed by atoms with E-state index >= 15 is 0 Å². The van der Waals surface area contributed by atoms with Gasteiger partial charge >= 0.3 is 0 Å². The van der Waals surface area contributed by atoms with E-state index in [1.54, 1.807) is 15.4 Å². The molecular weight excluding hydrogens is 403 g/mol. The highest BCUT2D eigenvalue weighted by Crippen LogP contribution is 2.36. The number of halogens is 2. The Kier molecular flexibility index (Phi) is 4.58. The summed E-state index contributed by atoms with van der Waals surface area (Å²) in [5.41, 5.74) is 3.88. The minimum atomic E-state index is -1.16. The van der Waals surface area contributed by atoms with Crippen molar-refractivity contribution in [2.24, 2.45) is 0 Å². The SMILES string of the molecule is Cc1nc2cc(-c3nc(Cl)c(C)cc3-c3cnn(CC4(F)CCCC4)c3)ccn2n1. The summed E-state index contributed by atoms with van der Waals surface area (Å²) in [4.78, 5) is 9.10. The molecule has 1 aliphatic rings. The number of nitrogens with zero attached hydrogens (tertiary/aromatic N) is 6. The second kappa shape index (κ2) is 7.16. The normalized spacial score (nSPS) is 15.9. The molecule has 4 heterocycles. The molecule has 1 fully saturated rings. The van der Waals surface area contributed by atoms with Gasteiger partial charge in [-0.15, -0.1) is 0 Å². The number of fused-ring (bicyclic) bond motifs is 1. The van der Waals surface area contributed by atoms with Gasteiger partial charge in [-0.1, -0.05) is 24.4 Å². The van der Waals surface area contributed by atoms with E-state index in [1.807, 2.05) is 44.4 Å². The average Bonchev–Trinajstić information content (AvgIpc) is 3.42. The highest BCUT2D eigenvalue weighted by molar-refractivity contribution is 6.30. The van der Waals surface area contributed by atoms with Crippen molar-refractivity contribution < 1.29 is 4.39 Å². The molecule has 6 nitrogen and oxygen atoms in total. The topological polar surface area (TPSA) is 60.9 Å². The minimum absolute atomic E-state index is 0.285. The number of aryl methyl sites for hydroxylation is 2. The number of rotatable bonds is 4. The van der Waals surface area contributed by atoms with Gasteiger partial charge in [0.2, 0.25) is 0 Å². The van der Waals surface area contributed by atoms with Crippen LogP contribution in [-0.4, -0.2) is 35.0 Å². The number of aromatic nitrogens is 6. The predicted octanol–water partition coefficient (Wildman–Crippen LogP) is 5.21. The Labute approximate surface area is 178 Å². The van der Waals surface area contributed by atoms with Crippen molar-refractivity contribution in [2.75, 3.05) is 0 Å². The van der Waals surface area contributed by atoms with E-state index in [1.165, 1.54) is 0 Å². The summed E-state index contributed by atoms with van der Waals surface area (Å²) >= 11 is 6.37. The lowest BCUT2D eigenvalue weighted by atomic mass is 10.0. The molecule has 0 atom stereocenters. The molecule has 0 radical (unpaired) electrons. The summed E-state index contributed by atoms with van der Waals surface area (Å²) in [6.07, 6.45) is 8.62. The first kappa shape index (κ1) is 19.2. The Balaban J connectivity index is 1.57. The van der Waals surface area contributed by atoms with Gasteiger partial charge in [0.25, 0.3) is 0 Å². The summed E-state index contributed by atoms with van der Waals surface area (Å²) in [7, 11) is 0. The van der Waals surface area contributed by atoms with Gasteiger partial charge in [-0.3, -0.25) is 4.68 Å². The van der Waals surface area contributed by atoms with Crippen molar-refractivity contribution >= 4 is 17.2 Å². The maximum absolute atomic E-state index is 14.9. The number of hydrogen-bond acceptors (Lipinski definition) is 4. The average molecular weight is 425 g/mol. The lowest BCUT2D eigenvalue weighted by Crippen LogP contribution is -2.25. The van der Waals surface area contributed by atoms with Gasteiger partial charge in [0.15, 0.2) is 5.65 Å². The summed E-state index contributed by atoms with van der Waals surface area (Å²) in [6.45, 7) is 4.07. The smallest absolute Gasteiger partial charge is 0.156 e. The molecular formula is C22H22ClFN6. The first-order chi connectivity index (χ1) is 14.4. The molecule has 1 saturated carbocycles. The molecule has 0 bridgehead atoms. The lowest BCUT2D eigenvalue weighted by Gasteiger charge is -2.18. The zero-order valence-electron chi connectivity index (χ0n) is 16.9. The molecule has 4 aromatic rings. The molecule has 4 aromatic heterocycles. The Morgan fingerprint density at radius 1 is 1.13 bits per heavy atom. The molecule has 0 N–H and O–H groups in total. The van der Waals surface area contributed by atoms with Crippen molar-refractivity contribution in [3.8, 4) is 22.4 Å². The van der Waals surface area contributed by atoms with Gasteiger partial charge in [0, 0.05) is 29.1 Å². The van der Waals surface area contributed by atoms with E-state index in [2.05, 4.69) is 20.2 Å². The molecule has 0 spiro atoms. The van der Waals surface area contributed by atoms with Crippen LogP contribution in [0.1, 0.15) is 37.1 Å². The Morgan fingerprint density at radius 3 is 2.73 bits per heavy atom. The van der Waals surface area contributed by atoms with Crippen LogP contribution < -0.4 is 0 Å². The van der Waals surface area contributed by atoms with E-state index in [9.17, 15) is 4.39 Å². The molecule has 5 rings (SSSR count). The van der Waals surface area contributed by atoms with Crippen LogP contribution in [0.4, 0.5) is 4.39 Å². The summed E-state index contributed by atoms with van der Waals surface area (Å²) in [5, 5.41) is 9.21. The van der Waals surface area contributed by atoms with Gasteiger partial charge in [0.1, 0.15) is 16.6 Å². The summed E-state index contributed by atoms with van der Waals surface area (Å²) < 4.78 is 18.4. The largest absolute Gasteiger partial charge is 0.269 e.